The minimum absolute atomic E-state index is 0.311. The number of hydrogen-bond donors (Lipinski definition) is 0. The summed E-state index contributed by atoms with van der Waals surface area (Å²) >= 11 is 1.41. The van der Waals surface area contributed by atoms with Crippen molar-refractivity contribution in [3.8, 4) is 0 Å². The van der Waals surface area contributed by atoms with Crippen molar-refractivity contribution < 1.29 is 23.9 Å². The molecule has 3 aliphatic rings. The second-order valence-electron chi connectivity index (χ2n) is 6.75. The maximum absolute atomic E-state index is 12.7. The number of nitrogens with zero attached hydrogens (tertiary/aromatic N) is 2. The fraction of sp³-hybridized carbons (Fsp3) is 0.412. The van der Waals surface area contributed by atoms with Crippen molar-refractivity contribution in [1.29, 1.82) is 0 Å². The van der Waals surface area contributed by atoms with Crippen molar-refractivity contribution in [3.05, 3.63) is 35.4 Å². The van der Waals surface area contributed by atoms with E-state index in [9.17, 15) is 19.2 Å². The summed E-state index contributed by atoms with van der Waals surface area (Å²) in [7, 11) is 1.28. The summed E-state index contributed by atoms with van der Waals surface area (Å²) in [4.78, 5) is 52.6. The molecule has 0 radical (unpaired) electrons. The topological polar surface area (TPSA) is 84.0 Å². The molecule has 8 heteroatoms. The van der Waals surface area contributed by atoms with Crippen molar-refractivity contribution >= 4 is 35.5 Å². The minimum Gasteiger partial charge on any atom is -0.467 e. The van der Waals surface area contributed by atoms with E-state index in [0.717, 1.165) is 4.90 Å². The third-order valence-corrected chi connectivity index (χ3v) is 6.50. The fourth-order valence-corrected chi connectivity index (χ4v) is 5.45. The lowest BCUT2D eigenvalue weighted by atomic mass is 9.95. The Kier molecular flexibility index (Phi) is 3.28. The summed E-state index contributed by atoms with van der Waals surface area (Å²) in [6, 6.07) is 4.92. The summed E-state index contributed by atoms with van der Waals surface area (Å²) in [6.45, 7) is 3.70. The third kappa shape index (κ3) is 1.94. The van der Waals surface area contributed by atoms with Crippen LogP contribution in [0.15, 0.2) is 24.3 Å². The van der Waals surface area contributed by atoms with E-state index in [4.69, 9.17) is 4.74 Å². The maximum Gasteiger partial charge on any atom is 0.330 e. The van der Waals surface area contributed by atoms with Gasteiger partial charge in [0, 0.05) is 4.75 Å². The predicted molar refractivity (Wildman–Crippen MR) is 88.8 cm³/mol. The largest absolute Gasteiger partial charge is 0.467 e. The molecule has 0 N–H and O–H groups in total. The smallest absolute Gasteiger partial charge is 0.330 e. The van der Waals surface area contributed by atoms with Gasteiger partial charge in [-0.05, 0) is 26.0 Å². The number of benzene rings is 1. The normalized spacial score (nSPS) is 29.4. The Balaban J connectivity index is 1.68. The number of ether oxygens (including phenoxy) is 1. The molecule has 0 spiro atoms. The van der Waals surface area contributed by atoms with Crippen molar-refractivity contribution in [2.45, 2.75) is 36.1 Å². The van der Waals surface area contributed by atoms with Crippen LogP contribution in [0.3, 0.4) is 0 Å². The zero-order chi connectivity index (χ0) is 18.1. The van der Waals surface area contributed by atoms with E-state index in [1.165, 1.54) is 23.8 Å². The van der Waals surface area contributed by atoms with Crippen LogP contribution in [0.5, 0.6) is 0 Å². The first-order chi connectivity index (χ1) is 11.8. The lowest BCUT2D eigenvalue weighted by Crippen LogP contribution is -2.71. The van der Waals surface area contributed by atoms with Gasteiger partial charge in [-0.1, -0.05) is 12.1 Å². The first-order valence-electron chi connectivity index (χ1n) is 7.84. The minimum atomic E-state index is -0.883. The van der Waals surface area contributed by atoms with Crippen LogP contribution in [0.25, 0.3) is 0 Å². The monoisotopic (exact) mass is 360 g/mol. The van der Waals surface area contributed by atoms with Gasteiger partial charge in [0.25, 0.3) is 17.7 Å². The highest BCUT2D eigenvalue weighted by molar-refractivity contribution is 8.01. The summed E-state index contributed by atoms with van der Waals surface area (Å²) < 4.78 is 4.26. The number of carbonyl (C=O) groups excluding carboxylic acids is 4. The zero-order valence-corrected chi connectivity index (χ0v) is 14.7. The van der Waals surface area contributed by atoms with Gasteiger partial charge in [-0.2, -0.15) is 0 Å². The van der Waals surface area contributed by atoms with Gasteiger partial charge < -0.3 is 9.64 Å². The van der Waals surface area contributed by atoms with Gasteiger partial charge in [0.2, 0.25) is 0 Å². The quantitative estimate of drug-likeness (QED) is 0.442. The Morgan fingerprint density at radius 3 is 2.20 bits per heavy atom. The van der Waals surface area contributed by atoms with Crippen LogP contribution in [0.2, 0.25) is 0 Å². The van der Waals surface area contributed by atoms with E-state index in [0.29, 0.717) is 11.1 Å². The summed E-state index contributed by atoms with van der Waals surface area (Å²) in [6.07, 6.45) is 0. The average Bonchev–Trinajstić information content (AvgIpc) is 2.98. The molecule has 3 amide bonds. The Morgan fingerprint density at radius 2 is 1.68 bits per heavy atom. The summed E-state index contributed by atoms with van der Waals surface area (Å²) in [5.41, 5.74) is 0.621. The first kappa shape index (κ1) is 16.1. The van der Waals surface area contributed by atoms with Crippen LogP contribution in [0.1, 0.15) is 34.6 Å². The number of rotatable bonds is 2. The van der Waals surface area contributed by atoms with Gasteiger partial charge >= 0.3 is 5.97 Å². The summed E-state index contributed by atoms with van der Waals surface area (Å²) in [5, 5.41) is -0.436. The number of fused-ring (bicyclic) bond motifs is 2. The lowest BCUT2D eigenvalue weighted by Gasteiger charge is -2.46. The average molecular weight is 360 g/mol. The highest BCUT2D eigenvalue weighted by Gasteiger charge is 2.67. The molecule has 0 unspecified atom stereocenters. The van der Waals surface area contributed by atoms with E-state index >= 15 is 0 Å². The van der Waals surface area contributed by atoms with Gasteiger partial charge in [-0.15, -0.1) is 11.8 Å². The van der Waals surface area contributed by atoms with Gasteiger partial charge in [0.1, 0.15) is 17.5 Å². The molecule has 0 aromatic heterocycles. The predicted octanol–water partition coefficient (Wildman–Crippen LogP) is 0.886. The van der Waals surface area contributed by atoms with Crippen molar-refractivity contribution in [2.75, 3.05) is 7.11 Å². The molecule has 3 aliphatic heterocycles. The van der Waals surface area contributed by atoms with Crippen LogP contribution in [0.4, 0.5) is 0 Å². The summed E-state index contributed by atoms with van der Waals surface area (Å²) in [5.74, 6) is -1.81. The molecule has 2 saturated heterocycles. The number of imide groups is 1. The van der Waals surface area contributed by atoms with Crippen molar-refractivity contribution in [3.63, 3.8) is 0 Å². The van der Waals surface area contributed by atoms with Gasteiger partial charge in [-0.25, -0.2) is 4.79 Å². The van der Waals surface area contributed by atoms with Crippen LogP contribution >= 0.6 is 11.8 Å². The highest BCUT2D eigenvalue weighted by Crippen LogP contribution is 2.53. The number of hydrogen-bond acceptors (Lipinski definition) is 6. The van der Waals surface area contributed by atoms with Gasteiger partial charge in [0.15, 0.2) is 0 Å². The Hall–Kier alpha value is -2.35. The standard InChI is InChI=1S/C17H16N2O5S/c1-17(2)11(16(23)24-3)19-14(22)10(15(19)25-17)18-12(20)8-6-4-5-7-9(8)13(18)21/h4-7,10-11,15H,1-3H3/t10-,11-,15-/m0/s1. The molecule has 3 atom stereocenters. The lowest BCUT2D eigenvalue weighted by molar-refractivity contribution is -0.164. The fourth-order valence-electron chi connectivity index (χ4n) is 3.78. The molecule has 7 nitrogen and oxygen atoms in total. The van der Waals surface area contributed by atoms with Crippen LogP contribution in [0, 0.1) is 0 Å². The molecular formula is C17H16N2O5S. The zero-order valence-electron chi connectivity index (χ0n) is 13.9. The molecule has 3 heterocycles. The Bertz CT molecular complexity index is 801. The Morgan fingerprint density at radius 1 is 1.12 bits per heavy atom. The van der Waals surface area contributed by atoms with E-state index in [1.54, 1.807) is 24.3 Å². The number of thioether (sulfide) groups is 1. The number of β-lactam (4-membered cyclic amide) rings is 1. The molecule has 0 aliphatic carbocycles. The van der Waals surface area contributed by atoms with Crippen LogP contribution < -0.4 is 0 Å². The number of carbonyl (C=O) groups is 4. The number of methoxy groups -OCH3 is 1. The van der Waals surface area contributed by atoms with Crippen LogP contribution in [-0.4, -0.2) is 62.8 Å². The molecule has 1 aromatic rings. The highest BCUT2D eigenvalue weighted by atomic mass is 32.2. The second-order valence-corrected chi connectivity index (χ2v) is 8.52. The second kappa shape index (κ2) is 5.08. The van der Waals surface area contributed by atoms with Gasteiger partial charge in [-0.3, -0.25) is 19.3 Å². The molecule has 1 aromatic carbocycles. The first-order valence-corrected chi connectivity index (χ1v) is 8.72. The molecular weight excluding hydrogens is 344 g/mol. The number of esters is 1. The van der Waals surface area contributed by atoms with E-state index < -0.39 is 45.9 Å². The SMILES string of the molecule is COC(=O)[C@@H]1N2C(=O)[C@H](N3C(=O)c4ccccc4C3=O)[C@@H]2SC1(C)C. The van der Waals surface area contributed by atoms with Crippen molar-refractivity contribution in [2.24, 2.45) is 0 Å². The van der Waals surface area contributed by atoms with Crippen LogP contribution in [-0.2, 0) is 14.3 Å². The molecule has 2 fully saturated rings. The molecule has 0 bridgehead atoms. The van der Waals surface area contributed by atoms with Crippen molar-refractivity contribution in [1.82, 2.24) is 9.80 Å². The molecule has 0 saturated carbocycles. The molecule has 25 heavy (non-hydrogen) atoms. The maximum atomic E-state index is 12.7. The molecule has 130 valence electrons. The molecule has 4 rings (SSSR count). The van der Waals surface area contributed by atoms with E-state index in [2.05, 4.69) is 0 Å². The Labute approximate surface area is 148 Å². The van der Waals surface area contributed by atoms with E-state index in [1.807, 2.05) is 13.8 Å². The van der Waals surface area contributed by atoms with Gasteiger partial charge in [0.05, 0.1) is 18.2 Å². The third-order valence-electron chi connectivity index (χ3n) is 4.94. The van der Waals surface area contributed by atoms with E-state index in [-0.39, 0.29) is 0 Å². The number of amides is 3.